The third-order valence-corrected chi connectivity index (χ3v) is 2.58. The molecule has 0 saturated heterocycles. The van der Waals surface area contributed by atoms with Crippen LogP contribution in [-0.2, 0) is 9.47 Å². The molecule has 1 fully saturated rings. The smallest absolute Gasteiger partial charge is 0.165 e. The zero-order valence-electron chi connectivity index (χ0n) is 9.13. The minimum absolute atomic E-state index is 0.510. The van der Waals surface area contributed by atoms with Crippen molar-refractivity contribution in [3.8, 4) is 0 Å². The van der Waals surface area contributed by atoms with E-state index in [1.54, 1.807) is 0 Å². The molecule has 0 unspecified atom stereocenters. The lowest BCUT2D eigenvalue weighted by Crippen LogP contribution is -2.35. The second-order valence-electron chi connectivity index (χ2n) is 3.97. The van der Waals surface area contributed by atoms with Crippen LogP contribution >= 0.6 is 0 Å². The number of aliphatic hydroxyl groups is 1. The van der Waals surface area contributed by atoms with Crippen molar-refractivity contribution >= 4 is 0 Å². The van der Waals surface area contributed by atoms with Crippen LogP contribution in [0.3, 0.4) is 0 Å². The van der Waals surface area contributed by atoms with Gasteiger partial charge in [0.05, 0.1) is 13.2 Å². The van der Waals surface area contributed by atoms with Gasteiger partial charge in [-0.2, -0.15) is 0 Å². The van der Waals surface area contributed by atoms with E-state index in [1.165, 1.54) is 6.42 Å². The largest absolute Gasteiger partial charge is 0.379 e. The minimum Gasteiger partial charge on any atom is -0.379 e. The maximum atomic E-state index is 9.95. The minimum atomic E-state index is -0.853. The predicted molar refractivity (Wildman–Crippen MR) is 55.1 cm³/mol. The van der Waals surface area contributed by atoms with Crippen LogP contribution in [0.5, 0.6) is 0 Å². The molecule has 0 atom stereocenters. The molecule has 1 aliphatic rings. The van der Waals surface area contributed by atoms with Gasteiger partial charge in [0.25, 0.3) is 0 Å². The summed E-state index contributed by atoms with van der Waals surface area (Å²) in [6.45, 7) is 3.96. The fourth-order valence-electron chi connectivity index (χ4n) is 1.79. The molecule has 0 radical (unpaired) electrons. The fourth-order valence-corrected chi connectivity index (χ4v) is 1.79. The molecule has 0 aliphatic heterocycles. The van der Waals surface area contributed by atoms with Gasteiger partial charge in [0.2, 0.25) is 0 Å². The first-order valence-electron chi connectivity index (χ1n) is 5.71. The highest BCUT2D eigenvalue weighted by molar-refractivity contribution is 4.72. The van der Waals surface area contributed by atoms with Crippen LogP contribution in [0.2, 0.25) is 0 Å². The molecule has 1 saturated carbocycles. The molecule has 0 bridgehead atoms. The Balaban J connectivity index is 2.03. The van der Waals surface area contributed by atoms with E-state index in [2.05, 4.69) is 6.92 Å². The Morgan fingerprint density at radius 2 is 1.79 bits per heavy atom. The normalized spacial score (nSPS) is 21.0. The Labute approximate surface area is 86.4 Å². The van der Waals surface area contributed by atoms with Crippen LogP contribution in [0.1, 0.15) is 45.4 Å². The van der Waals surface area contributed by atoms with Crippen molar-refractivity contribution in [1.29, 1.82) is 0 Å². The number of rotatable bonds is 6. The van der Waals surface area contributed by atoms with Gasteiger partial charge in [0.1, 0.15) is 0 Å². The SMILES string of the molecule is CCCOCCOC1(O)CCCCC1. The van der Waals surface area contributed by atoms with Crippen LogP contribution < -0.4 is 0 Å². The standard InChI is InChI=1S/C11H22O3/c1-2-8-13-9-10-14-11(12)6-4-3-5-7-11/h12H,2-10H2,1H3. The van der Waals surface area contributed by atoms with Gasteiger partial charge in [-0.05, 0) is 19.3 Å². The van der Waals surface area contributed by atoms with Crippen LogP contribution in [0.4, 0.5) is 0 Å². The summed E-state index contributed by atoms with van der Waals surface area (Å²) in [6.07, 6.45) is 5.96. The number of hydrogen-bond acceptors (Lipinski definition) is 3. The molecule has 0 aromatic carbocycles. The zero-order chi connectivity index (χ0) is 10.3. The van der Waals surface area contributed by atoms with E-state index in [-0.39, 0.29) is 0 Å². The van der Waals surface area contributed by atoms with E-state index in [9.17, 15) is 5.11 Å². The van der Waals surface area contributed by atoms with E-state index < -0.39 is 5.79 Å². The molecule has 1 aliphatic carbocycles. The van der Waals surface area contributed by atoms with Gasteiger partial charge in [-0.25, -0.2) is 0 Å². The van der Waals surface area contributed by atoms with E-state index in [0.717, 1.165) is 38.7 Å². The molecule has 1 rings (SSSR count). The van der Waals surface area contributed by atoms with Crippen molar-refractivity contribution in [2.45, 2.75) is 51.2 Å². The molecular weight excluding hydrogens is 180 g/mol. The molecule has 0 aromatic heterocycles. The Morgan fingerprint density at radius 3 is 2.43 bits per heavy atom. The van der Waals surface area contributed by atoms with Gasteiger partial charge >= 0.3 is 0 Å². The summed E-state index contributed by atoms with van der Waals surface area (Å²) in [5, 5.41) is 9.95. The van der Waals surface area contributed by atoms with Crippen LogP contribution in [-0.4, -0.2) is 30.7 Å². The highest BCUT2D eigenvalue weighted by Crippen LogP contribution is 2.28. The van der Waals surface area contributed by atoms with Crippen LogP contribution in [0.15, 0.2) is 0 Å². The Bertz CT molecular complexity index is 141. The van der Waals surface area contributed by atoms with E-state index in [1.807, 2.05) is 0 Å². The van der Waals surface area contributed by atoms with Crippen molar-refractivity contribution < 1.29 is 14.6 Å². The van der Waals surface area contributed by atoms with E-state index in [4.69, 9.17) is 9.47 Å². The number of hydrogen-bond donors (Lipinski definition) is 1. The molecule has 14 heavy (non-hydrogen) atoms. The summed E-state index contributed by atoms with van der Waals surface area (Å²) in [5.74, 6) is -0.853. The van der Waals surface area contributed by atoms with Gasteiger partial charge in [0, 0.05) is 19.4 Å². The average Bonchev–Trinajstić information content (AvgIpc) is 2.18. The molecule has 0 amide bonds. The second-order valence-corrected chi connectivity index (χ2v) is 3.97. The van der Waals surface area contributed by atoms with E-state index >= 15 is 0 Å². The molecule has 0 spiro atoms. The predicted octanol–water partition coefficient (Wildman–Crippen LogP) is 2.08. The lowest BCUT2D eigenvalue weighted by molar-refractivity contribution is -0.225. The van der Waals surface area contributed by atoms with Gasteiger partial charge < -0.3 is 14.6 Å². The Morgan fingerprint density at radius 1 is 1.07 bits per heavy atom. The summed E-state index contributed by atoms with van der Waals surface area (Å²) < 4.78 is 10.7. The fraction of sp³-hybridized carbons (Fsp3) is 1.00. The first-order valence-corrected chi connectivity index (χ1v) is 5.71. The van der Waals surface area contributed by atoms with Crippen molar-refractivity contribution in [3.63, 3.8) is 0 Å². The molecule has 84 valence electrons. The lowest BCUT2D eigenvalue weighted by Gasteiger charge is -2.31. The highest BCUT2D eigenvalue weighted by Gasteiger charge is 2.29. The third-order valence-electron chi connectivity index (χ3n) is 2.58. The quantitative estimate of drug-likeness (QED) is 0.529. The lowest BCUT2D eigenvalue weighted by atomic mass is 9.94. The monoisotopic (exact) mass is 202 g/mol. The van der Waals surface area contributed by atoms with Crippen molar-refractivity contribution in [2.24, 2.45) is 0 Å². The molecule has 0 aromatic rings. The summed E-state index contributed by atoms with van der Waals surface area (Å²) in [4.78, 5) is 0. The first kappa shape index (κ1) is 12.0. The highest BCUT2D eigenvalue weighted by atomic mass is 16.6. The molecule has 3 heteroatoms. The Kier molecular flexibility index (Phi) is 5.45. The zero-order valence-corrected chi connectivity index (χ0v) is 9.13. The second kappa shape index (κ2) is 6.38. The molecular formula is C11H22O3. The third kappa shape index (κ3) is 4.40. The summed E-state index contributed by atoms with van der Waals surface area (Å²) in [7, 11) is 0. The van der Waals surface area contributed by atoms with Gasteiger partial charge in [0.15, 0.2) is 5.79 Å². The maximum Gasteiger partial charge on any atom is 0.165 e. The van der Waals surface area contributed by atoms with Crippen molar-refractivity contribution in [2.75, 3.05) is 19.8 Å². The van der Waals surface area contributed by atoms with E-state index in [0.29, 0.717) is 13.2 Å². The van der Waals surface area contributed by atoms with Gasteiger partial charge in [-0.1, -0.05) is 13.3 Å². The molecule has 1 N–H and O–H groups in total. The van der Waals surface area contributed by atoms with Crippen LogP contribution in [0, 0.1) is 0 Å². The number of ether oxygens (including phenoxy) is 2. The van der Waals surface area contributed by atoms with Gasteiger partial charge in [-0.3, -0.25) is 0 Å². The topological polar surface area (TPSA) is 38.7 Å². The maximum absolute atomic E-state index is 9.95. The summed E-state index contributed by atoms with van der Waals surface area (Å²) >= 11 is 0. The first-order chi connectivity index (χ1) is 6.77. The Hall–Kier alpha value is -0.120. The summed E-state index contributed by atoms with van der Waals surface area (Å²) in [6, 6.07) is 0. The van der Waals surface area contributed by atoms with Crippen molar-refractivity contribution in [3.05, 3.63) is 0 Å². The van der Waals surface area contributed by atoms with Crippen molar-refractivity contribution in [1.82, 2.24) is 0 Å². The average molecular weight is 202 g/mol. The van der Waals surface area contributed by atoms with Gasteiger partial charge in [-0.15, -0.1) is 0 Å². The summed E-state index contributed by atoms with van der Waals surface area (Å²) in [5.41, 5.74) is 0. The van der Waals surface area contributed by atoms with Crippen LogP contribution in [0.25, 0.3) is 0 Å². The molecule has 0 heterocycles. The molecule has 3 nitrogen and oxygen atoms in total.